The monoisotopic (exact) mass is 339 g/mol. The van der Waals surface area contributed by atoms with Gasteiger partial charge in [-0.15, -0.1) is 0 Å². The number of carboxylic acid groups (broad SMARTS) is 1. The topological polar surface area (TPSA) is 83.9 Å². The van der Waals surface area contributed by atoms with Gasteiger partial charge >= 0.3 is 5.97 Å². The fourth-order valence-electron chi connectivity index (χ4n) is 2.57. The molecule has 1 saturated heterocycles. The number of rotatable bonds is 2. The Morgan fingerprint density at radius 1 is 1.25 bits per heavy atom. The predicted molar refractivity (Wildman–Crippen MR) is 70.4 cm³/mol. The third-order valence-electron chi connectivity index (χ3n) is 3.58. The van der Waals surface area contributed by atoms with Crippen LogP contribution in [-0.2, 0) is 9.53 Å². The molecule has 104 valence electrons. The summed E-state index contributed by atoms with van der Waals surface area (Å²) >= 11 is 3.25. The summed E-state index contributed by atoms with van der Waals surface area (Å²) in [6.45, 7) is 0.0701. The van der Waals surface area contributed by atoms with E-state index in [0.29, 0.717) is 15.6 Å². The first-order valence-electron chi connectivity index (χ1n) is 5.98. The third kappa shape index (κ3) is 1.85. The van der Waals surface area contributed by atoms with Crippen molar-refractivity contribution >= 4 is 33.7 Å². The molecule has 2 atom stereocenters. The van der Waals surface area contributed by atoms with Crippen LogP contribution in [0.15, 0.2) is 22.7 Å². The number of halogens is 1. The van der Waals surface area contributed by atoms with E-state index in [1.807, 2.05) is 0 Å². The van der Waals surface area contributed by atoms with Gasteiger partial charge in [0.2, 0.25) is 0 Å². The van der Waals surface area contributed by atoms with Crippen molar-refractivity contribution < 1.29 is 24.2 Å². The molecule has 1 aromatic carbocycles. The highest BCUT2D eigenvalue weighted by Crippen LogP contribution is 2.31. The van der Waals surface area contributed by atoms with Crippen molar-refractivity contribution in [3.8, 4) is 0 Å². The molecule has 2 aliphatic heterocycles. The molecule has 0 bridgehead atoms. The molecule has 20 heavy (non-hydrogen) atoms. The first-order chi connectivity index (χ1) is 9.50. The lowest BCUT2D eigenvalue weighted by molar-refractivity contribution is -0.142. The Morgan fingerprint density at radius 2 is 1.95 bits per heavy atom. The van der Waals surface area contributed by atoms with E-state index in [0.717, 1.165) is 4.90 Å². The maximum absolute atomic E-state index is 12.4. The fourth-order valence-corrected chi connectivity index (χ4v) is 2.93. The molecule has 0 aliphatic carbocycles. The van der Waals surface area contributed by atoms with Gasteiger partial charge in [-0.05, 0) is 18.2 Å². The van der Waals surface area contributed by atoms with Gasteiger partial charge in [0.25, 0.3) is 11.8 Å². The molecule has 6 nitrogen and oxygen atoms in total. The molecule has 7 heteroatoms. The number of hydrogen-bond donors (Lipinski definition) is 1. The van der Waals surface area contributed by atoms with Crippen LogP contribution >= 0.6 is 15.9 Å². The molecule has 0 aromatic heterocycles. The molecular weight excluding hydrogens is 330 g/mol. The number of imide groups is 1. The lowest BCUT2D eigenvalue weighted by Crippen LogP contribution is -2.46. The molecule has 2 aliphatic rings. The summed E-state index contributed by atoms with van der Waals surface area (Å²) in [6, 6.07) is 4.05. The highest BCUT2D eigenvalue weighted by atomic mass is 79.9. The van der Waals surface area contributed by atoms with E-state index in [2.05, 4.69) is 15.9 Å². The number of nitrogens with zero attached hydrogens (tertiary/aromatic N) is 1. The minimum absolute atomic E-state index is 0.0110. The number of fused-ring (bicyclic) bond motifs is 1. The number of aliphatic carboxylic acids is 1. The summed E-state index contributed by atoms with van der Waals surface area (Å²) in [5.74, 6) is -2.86. The summed E-state index contributed by atoms with van der Waals surface area (Å²) in [6.07, 6.45) is 0. The lowest BCUT2D eigenvalue weighted by Gasteiger charge is -2.23. The normalized spacial score (nSPS) is 25.1. The van der Waals surface area contributed by atoms with Gasteiger partial charge in [-0.1, -0.05) is 15.9 Å². The van der Waals surface area contributed by atoms with Crippen LogP contribution in [0.3, 0.4) is 0 Å². The van der Waals surface area contributed by atoms with E-state index >= 15 is 0 Å². The van der Waals surface area contributed by atoms with Gasteiger partial charge in [0.15, 0.2) is 0 Å². The third-order valence-corrected chi connectivity index (χ3v) is 4.07. The minimum atomic E-state index is -1.06. The van der Waals surface area contributed by atoms with Gasteiger partial charge in [-0.3, -0.25) is 19.3 Å². The molecule has 2 unspecified atom stereocenters. The summed E-state index contributed by atoms with van der Waals surface area (Å²) < 4.78 is 5.82. The quantitative estimate of drug-likeness (QED) is 0.817. The SMILES string of the molecule is O=C(O)C1COCC1N1C(=O)c2ccc(Br)cc2C1=O. The van der Waals surface area contributed by atoms with Crippen LogP contribution in [0, 0.1) is 5.92 Å². The van der Waals surface area contributed by atoms with E-state index in [-0.39, 0.29) is 13.2 Å². The zero-order valence-corrected chi connectivity index (χ0v) is 11.8. The largest absolute Gasteiger partial charge is 0.481 e. The molecule has 1 N–H and O–H groups in total. The number of hydrogen-bond acceptors (Lipinski definition) is 4. The molecule has 0 radical (unpaired) electrons. The van der Waals surface area contributed by atoms with Crippen LogP contribution in [0.1, 0.15) is 20.7 Å². The number of benzene rings is 1. The van der Waals surface area contributed by atoms with Crippen LogP contribution in [0.25, 0.3) is 0 Å². The minimum Gasteiger partial charge on any atom is -0.481 e. The number of amides is 2. The predicted octanol–water partition coefficient (Wildman–Crippen LogP) is 1.14. The van der Waals surface area contributed by atoms with Crippen molar-refractivity contribution in [2.75, 3.05) is 13.2 Å². The number of carbonyl (C=O) groups excluding carboxylic acids is 2. The lowest BCUT2D eigenvalue weighted by atomic mass is 10.0. The zero-order chi connectivity index (χ0) is 14.4. The average Bonchev–Trinajstić information content (AvgIpc) is 2.95. The Kier molecular flexibility index (Phi) is 3.10. The molecule has 1 fully saturated rings. The van der Waals surface area contributed by atoms with Gasteiger partial charge in [0.05, 0.1) is 30.4 Å². The number of ether oxygens (including phenoxy) is 1. The van der Waals surface area contributed by atoms with E-state index < -0.39 is 29.7 Å². The van der Waals surface area contributed by atoms with Crippen LogP contribution < -0.4 is 0 Å². The van der Waals surface area contributed by atoms with Crippen LogP contribution in [0.2, 0.25) is 0 Å². The Balaban J connectivity index is 1.99. The van der Waals surface area contributed by atoms with E-state index in [1.165, 1.54) is 0 Å². The summed E-state index contributed by atoms with van der Waals surface area (Å²) in [5.41, 5.74) is 0.592. The van der Waals surface area contributed by atoms with E-state index in [1.54, 1.807) is 18.2 Å². The summed E-state index contributed by atoms with van der Waals surface area (Å²) in [7, 11) is 0. The van der Waals surface area contributed by atoms with Gasteiger partial charge < -0.3 is 9.84 Å². The van der Waals surface area contributed by atoms with Crippen LogP contribution in [0.4, 0.5) is 0 Å². The Bertz CT molecular complexity index is 629. The van der Waals surface area contributed by atoms with Gasteiger partial charge in [0.1, 0.15) is 5.92 Å². The molecule has 2 heterocycles. The molecule has 2 amide bonds. The first-order valence-corrected chi connectivity index (χ1v) is 6.78. The summed E-state index contributed by atoms with van der Waals surface area (Å²) in [5, 5.41) is 9.14. The number of carboxylic acids is 1. The van der Waals surface area contributed by atoms with Crippen molar-refractivity contribution in [1.29, 1.82) is 0 Å². The molecule has 0 saturated carbocycles. The van der Waals surface area contributed by atoms with Crippen molar-refractivity contribution in [2.24, 2.45) is 5.92 Å². The van der Waals surface area contributed by atoms with Crippen molar-refractivity contribution in [1.82, 2.24) is 4.90 Å². The van der Waals surface area contributed by atoms with Gasteiger partial charge in [0, 0.05) is 4.47 Å². The Morgan fingerprint density at radius 3 is 2.65 bits per heavy atom. The molecule has 3 rings (SSSR count). The molecule has 0 spiro atoms. The van der Waals surface area contributed by atoms with Gasteiger partial charge in [-0.2, -0.15) is 0 Å². The second-order valence-corrected chi connectivity index (χ2v) is 5.64. The van der Waals surface area contributed by atoms with Crippen molar-refractivity contribution in [3.05, 3.63) is 33.8 Å². The highest BCUT2D eigenvalue weighted by Gasteiger charge is 2.47. The second-order valence-electron chi connectivity index (χ2n) is 4.72. The highest BCUT2D eigenvalue weighted by molar-refractivity contribution is 9.10. The maximum atomic E-state index is 12.4. The zero-order valence-electron chi connectivity index (χ0n) is 10.2. The first kappa shape index (κ1) is 13.3. The molecule has 1 aromatic rings. The van der Waals surface area contributed by atoms with E-state index in [4.69, 9.17) is 9.84 Å². The maximum Gasteiger partial charge on any atom is 0.311 e. The Hall–Kier alpha value is -1.73. The van der Waals surface area contributed by atoms with Crippen molar-refractivity contribution in [2.45, 2.75) is 6.04 Å². The van der Waals surface area contributed by atoms with E-state index in [9.17, 15) is 14.4 Å². The van der Waals surface area contributed by atoms with Crippen molar-refractivity contribution in [3.63, 3.8) is 0 Å². The smallest absolute Gasteiger partial charge is 0.311 e. The Labute approximate surface area is 122 Å². The molecular formula is C13H10BrNO5. The summed E-state index contributed by atoms with van der Waals surface area (Å²) in [4.78, 5) is 36.9. The van der Waals surface area contributed by atoms with Crippen LogP contribution in [0.5, 0.6) is 0 Å². The fraction of sp³-hybridized carbons (Fsp3) is 0.308. The standard InChI is InChI=1S/C13H10BrNO5/c14-6-1-2-7-8(3-6)12(17)15(11(7)16)10-5-20-4-9(10)13(18)19/h1-3,9-10H,4-5H2,(H,18,19). The van der Waals surface area contributed by atoms with Crippen LogP contribution in [-0.4, -0.2) is 47.0 Å². The number of carbonyl (C=O) groups is 3. The van der Waals surface area contributed by atoms with Gasteiger partial charge in [-0.25, -0.2) is 0 Å². The second kappa shape index (κ2) is 4.68. The average molecular weight is 340 g/mol.